The number of hydrogen-bond donors (Lipinski definition) is 4. The van der Waals surface area contributed by atoms with Gasteiger partial charge in [-0.2, -0.15) is 0 Å². The Kier molecular flexibility index (Phi) is 6.70. The molecule has 1 atom stereocenters. The van der Waals surface area contributed by atoms with Crippen molar-refractivity contribution in [2.45, 2.75) is 25.4 Å². The van der Waals surface area contributed by atoms with Crippen LogP contribution in [0.15, 0.2) is 36.4 Å². The highest BCUT2D eigenvalue weighted by molar-refractivity contribution is 7.22. The molecule has 0 saturated heterocycles. The standard InChI is InChI=1S/C21H23F3N6O2S/c1-30-16-7-4-12(18(31)26-9-3-2-8-25)10-15(16)27-19(30)29-20-28-14-6-5-13(11-17(14)33-20)32-21(22,23)24/h4-7,10-11,18,26,31H,2-3,8-9,25H2,1H3,(H,27,28,29). The molecular formula is C21H23F3N6O2S. The summed E-state index contributed by atoms with van der Waals surface area (Å²) >= 11 is 1.19. The highest BCUT2D eigenvalue weighted by Crippen LogP contribution is 2.33. The van der Waals surface area contributed by atoms with Crippen molar-refractivity contribution >= 4 is 43.7 Å². The maximum Gasteiger partial charge on any atom is 0.573 e. The molecule has 0 radical (unpaired) electrons. The smallest absolute Gasteiger partial charge is 0.406 e. The van der Waals surface area contributed by atoms with Crippen LogP contribution in [0, 0.1) is 0 Å². The normalized spacial score (nSPS) is 13.0. The predicted molar refractivity (Wildman–Crippen MR) is 122 cm³/mol. The second kappa shape index (κ2) is 9.51. The molecule has 4 rings (SSSR count). The number of nitrogens with one attached hydrogen (secondary N) is 2. The van der Waals surface area contributed by atoms with Crippen LogP contribution in [-0.4, -0.2) is 39.1 Å². The van der Waals surface area contributed by atoms with Gasteiger partial charge in [0.05, 0.1) is 21.3 Å². The average molecular weight is 481 g/mol. The number of benzene rings is 2. The number of halogens is 3. The van der Waals surface area contributed by atoms with Crippen molar-refractivity contribution in [3.8, 4) is 5.75 Å². The first-order chi connectivity index (χ1) is 15.7. The van der Waals surface area contributed by atoms with Gasteiger partial charge in [-0.3, -0.25) is 5.32 Å². The Morgan fingerprint density at radius 1 is 1.15 bits per heavy atom. The van der Waals surface area contributed by atoms with E-state index in [4.69, 9.17) is 5.73 Å². The molecule has 1 unspecified atom stereocenters. The van der Waals surface area contributed by atoms with Gasteiger partial charge in [0, 0.05) is 13.1 Å². The topological polar surface area (TPSA) is 110 Å². The lowest BCUT2D eigenvalue weighted by molar-refractivity contribution is -0.274. The predicted octanol–water partition coefficient (Wildman–Crippen LogP) is 4.14. The first-order valence-corrected chi connectivity index (χ1v) is 11.1. The van der Waals surface area contributed by atoms with Gasteiger partial charge in [0.15, 0.2) is 5.13 Å². The Morgan fingerprint density at radius 2 is 1.97 bits per heavy atom. The maximum absolute atomic E-state index is 12.5. The molecule has 33 heavy (non-hydrogen) atoms. The molecule has 0 spiro atoms. The Hall–Kier alpha value is -2.93. The zero-order valence-corrected chi connectivity index (χ0v) is 18.5. The molecule has 12 heteroatoms. The number of hydrogen-bond acceptors (Lipinski definition) is 8. The van der Waals surface area contributed by atoms with Gasteiger partial charge in [0.25, 0.3) is 0 Å². The number of thiazole rings is 1. The molecule has 2 aromatic carbocycles. The highest BCUT2D eigenvalue weighted by atomic mass is 32.1. The van der Waals surface area contributed by atoms with E-state index in [0.717, 1.165) is 18.4 Å². The van der Waals surface area contributed by atoms with Crippen molar-refractivity contribution in [2.75, 3.05) is 18.4 Å². The molecule has 0 aliphatic carbocycles. The number of aromatic nitrogens is 3. The molecule has 0 aliphatic rings. The van der Waals surface area contributed by atoms with E-state index in [-0.39, 0.29) is 5.75 Å². The number of nitrogens with two attached hydrogens (primary N) is 1. The van der Waals surface area contributed by atoms with Crippen molar-refractivity contribution in [3.63, 3.8) is 0 Å². The van der Waals surface area contributed by atoms with Gasteiger partial charge >= 0.3 is 6.36 Å². The Bertz CT molecular complexity index is 1260. The van der Waals surface area contributed by atoms with Crippen molar-refractivity contribution < 1.29 is 23.0 Å². The number of unbranched alkanes of at least 4 members (excludes halogenated alkanes) is 1. The first-order valence-electron chi connectivity index (χ1n) is 10.2. The number of fused-ring (bicyclic) bond motifs is 2. The van der Waals surface area contributed by atoms with E-state index in [1.807, 2.05) is 23.7 Å². The van der Waals surface area contributed by atoms with E-state index in [0.29, 0.717) is 45.5 Å². The van der Waals surface area contributed by atoms with Gasteiger partial charge in [-0.25, -0.2) is 9.97 Å². The molecule has 2 aromatic heterocycles. The summed E-state index contributed by atoms with van der Waals surface area (Å²) in [7, 11) is 1.83. The van der Waals surface area contributed by atoms with Crippen LogP contribution in [0.4, 0.5) is 24.3 Å². The Balaban J connectivity index is 1.52. The van der Waals surface area contributed by atoms with Crippen LogP contribution < -0.4 is 21.1 Å². The lowest BCUT2D eigenvalue weighted by Gasteiger charge is -2.13. The lowest BCUT2D eigenvalue weighted by Crippen LogP contribution is -2.22. The molecule has 8 nitrogen and oxygen atoms in total. The Labute approximate surface area is 191 Å². The Morgan fingerprint density at radius 3 is 2.73 bits per heavy atom. The molecule has 5 N–H and O–H groups in total. The lowest BCUT2D eigenvalue weighted by atomic mass is 10.1. The summed E-state index contributed by atoms with van der Waals surface area (Å²) in [5, 5.41) is 17.0. The number of aliphatic hydroxyl groups is 1. The van der Waals surface area contributed by atoms with E-state index < -0.39 is 12.6 Å². The fourth-order valence-corrected chi connectivity index (χ4v) is 4.26. The zero-order chi connectivity index (χ0) is 23.6. The second-order valence-electron chi connectivity index (χ2n) is 7.42. The molecule has 0 fully saturated rings. The van der Waals surface area contributed by atoms with Crippen LogP contribution in [0.3, 0.4) is 0 Å². The van der Waals surface area contributed by atoms with E-state index in [1.165, 1.54) is 29.5 Å². The van der Waals surface area contributed by atoms with Crippen LogP contribution in [0.5, 0.6) is 5.75 Å². The van der Waals surface area contributed by atoms with Crippen molar-refractivity contribution in [3.05, 3.63) is 42.0 Å². The van der Waals surface area contributed by atoms with Gasteiger partial charge in [-0.05, 0) is 55.8 Å². The molecular weight excluding hydrogens is 457 g/mol. The number of aliphatic hydroxyl groups excluding tert-OH is 1. The van der Waals surface area contributed by atoms with Gasteiger partial charge in [0.1, 0.15) is 12.0 Å². The largest absolute Gasteiger partial charge is 0.573 e. The molecule has 0 bridgehead atoms. The summed E-state index contributed by atoms with van der Waals surface area (Å²) in [5.74, 6) is 0.217. The van der Waals surface area contributed by atoms with Gasteiger partial charge in [-0.15, -0.1) is 13.2 Å². The average Bonchev–Trinajstić information content (AvgIpc) is 3.29. The number of alkyl halides is 3. The third kappa shape index (κ3) is 5.53. The summed E-state index contributed by atoms with van der Waals surface area (Å²) in [6, 6.07) is 9.50. The molecule has 176 valence electrons. The van der Waals surface area contributed by atoms with Crippen molar-refractivity contribution in [1.29, 1.82) is 0 Å². The van der Waals surface area contributed by atoms with E-state index in [9.17, 15) is 18.3 Å². The SMILES string of the molecule is Cn1c(Nc2nc3ccc(OC(F)(F)F)cc3s2)nc2cc(C(O)NCCCCN)ccc21. The number of rotatable bonds is 9. The van der Waals surface area contributed by atoms with E-state index in [2.05, 4.69) is 25.3 Å². The zero-order valence-electron chi connectivity index (χ0n) is 17.7. The van der Waals surface area contributed by atoms with Gasteiger partial charge in [-0.1, -0.05) is 17.4 Å². The minimum Gasteiger partial charge on any atom is -0.406 e. The second-order valence-corrected chi connectivity index (χ2v) is 8.45. The number of aryl methyl sites for hydroxylation is 1. The minimum atomic E-state index is -4.75. The summed E-state index contributed by atoms with van der Waals surface area (Å²) in [5.41, 5.74) is 8.25. The summed E-state index contributed by atoms with van der Waals surface area (Å²) < 4.78 is 43.8. The first kappa shape index (κ1) is 23.2. The van der Waals surface area contributed by atoms with Crippen LogP contribution in [0.25, 0.3) is 21.3 Å². The van der Waals surface area contributed by atoms with Crippen LogP contribution in [-0.2, 0) is 7.05 Å². The molecule has 0 aliphatic heterocycles. The summed E-state index contributed by atoms with van der Waals surface area (Å²) in [6.45, 7) is 1.27. The fourth-order valence-electron chi connectivity index (χ4n) is 3.38. The molecule has 2 heterocycles. The maximum atomic E-state index is 12.5. The fraction of sp³-hybridized carbons (Fsp3) is 0.333. The summed E-state index contributed by atoms with van der Waals surface area (Å²) in [4.78, 5) is 9.00. The number of anilines is 2. The van der Waals surface area contributed by atoms with Gasteiger partial charge in [0.2, 0.25) is 5.95 Å². The third-order valence-electron chi connectivity index (χ3n) is 5.00. The number of ether oxygens (including phenoxy) is 1. The number of imidazole rings is 1. The van der Waals surface area contributed by atoms with Gasteiger partial charge < -0.3 is 25.5 Å². The van der Waals surface area contributed by atoms with Crippen LogP contribution in [0.2, 0.25) is 0 Å². The van der Waals surface area contributed by atoms with Crippen molar-refractivity contribution in [1.82, 2.24) is 19.9 Å². The monoisotopic (exact) mass is 480 g/mol. The quantitative estimate of drug-likeness (QED) is 0.210. The van der Waals surface area contributed by atoms with E-state index in [1.54, 1.807) is 6.07 Å². The number of nitrogens with zero attached hydrogens (tertiary/aromatic N) is 3. The summed E-state index contributed by atoms with van der Waals surface area (Å²) in [6.07, 6.45) is -3.81. The van der Waals surface area contributed by atoms with Crippen molar-refractivity contribution in [2.24, 2.45) is 12.8 Å². The van der Waals surface area contributed by atoms with Crippen LogP contribution >= 0.6 is 11.3 Å². The minimum absolute atomic E-state index is 0.296. The molecule has 4 aromatic rings. The van der Waals surface area contributed by atoms with Crippen LogP contribution in [0.1, 0.15) is 24.6 Å². The molecule has 0 amide bonds. The van der Waals surface area contributed by atoms with E-state index >= 15 is 0 Å². The highest BCUT2D eigenvalue weighted by Gasteiger charge is 2.31. The third-order valence-corrected chi connectivity index (χ3v) is 5.94. The molecule has 0 saturated carbocycles.